The van der Waals surface area contributed by atoms with Crippen LogP contribution in [0.4, 0.5) is 0 Å². The molecule has 0 fully saturated rings. The minimum absolute atomic E-state index is 0.0166. The molecule has 18 heavy (non-hydrogen) atoms. The van der Waals surface area contributed by atoms with Gasteiger partial charge in [-0.05, 0) is 55.5 Å². The number of rotatable bonds is 4. The molecule has 3 heteroatoms. The summed E-state index contributed by atoms with van der Waals surface area (Å²) in [5.41, 5.74) is 9.71. The molecule has 100 valence electrons. The van der Waals surface area contributed by atoms with Gasteiger partial charge in [0.1, 0.15) is 0 Å². The number of carbonyl (C=O) groups excluding carboxylic acids is 1. The SMILES string of the molecule is Cc1cc(C)c(C(=O)NCC(C)(C)CN)cc1C. The molecule has 0 aromatic heterocycles. The fourth-order valence-corrected chi connectivity index (χ4v) is 1.69. The smallest absolute Gasteiger partial charge is 0.251 e. The third kappa shape index (κ3) is 3.57. The quantitative estimate of drug-likeness (QED) is 0.859. The summed E-state index contributed by atoms with van der Waals surface area (Å²) in [4.78, 5) is 12.1. The van der Waals surface area contributed by atoms with E-state index in [4.69, 9.17) is 5.73 Å². The lowest BCUT2D eigenvalue weighted by atomic mass is 9.93. The molecule has 0 heterocycles. The molecule has 0 spiro atoms. The second-order valence-corrected chi connectivity index (χ2v) is 5.80. The van der Waals surface area contributed by atoms with E-state index in [1.165, 1.54) is 5.56 Å². The Morgan fingerprint density at radius 3 is 2.28 bits per heavy atom. The molecule has 0 aliphatic heterocycles. The Hall–Kier alpha value is -1.35. The number of nitrogens with one attached hydrogen (secondary N) is 1. The maximum Gasteiger partial charge on any atom is 0.251 e. The van der Waals surface area contributed by atoms with E-state index in [1.54, 1.807) is 0 Å². The Balaban J connectivity index is 2.82. The van der Waals surface area contributed by atoms with E-state index >= 15 is 0 Å². The molecule has 0 bridgehead atoms. The van der Waals surface area contributed by atoms with Gasteiger partial charge in [-0.15, -0.1) is 0 Å². The molecule has 3 nitrogen and oxygen atoms in total. The number of aryl methyl sites for hydroxylation is 3. The molecule has 0 saturated carbocycles. The highest BCUT2D eigenvalue weighted by Gasteiger charge is 2.18. The van der Waals surface area contributed by atoms with Crippen molar-refractivity contribution in [3.63, 3.8) is 0 Å². The summed E-state index contributed by atoms with van der Waals surface area (Å²) in [6, 6.07) is 4.01. The Kier molecular flexibility index (Phi) is 4.52. The van der Waals surface area contributed by atoms with Crippen LogP contribution in [0, 0.1) is 26.2 Å². The van der Waals surface area contributed by atoms with Crippen LogP contribution in [0.15, 0.2) is 12.1 Å². The standard InChI is InChI=1S/C15H24N2O/c1-10-6-12(3)13(7-11(10)2)14(18)17-9-15(4,5)8-16/h6-7H,8-9,16H2,1-5H3,(H,17,18). The van der Waals surface area contributed by atoms with Gasteiger partial charge in [0.05, 0.1) is 0 Å². The van der Waals surface area contributed by atoms with Crippen LogP contribution in [-0.4, -0.2) is 19.0 Å². The van der Waals surface area contributed by atoms with Crippen LogP contribution in [-0.2, 0) is 0 Å². The minimum Gasteiger partial charge on any atom is -0.351 e. The maximum atomic E-state index is 12.1. The van der Waals surface area contributed by atoms with E-state index in [-0.39, 0.29) is 11.3 Å². The van der Waals surface area contributed by atoms with Crippen molar-refractivity contribution in [3.05, 3.63) is 34.4 Å². The third-order valence-corrected chi connectivity index (χ3v) is 3.37. The molecular formula is C15H24N2O. The number of amides is 1. The molecule has 1 aromatic rings. The zero-order valence-electron chi connectivity index (χ0n) is 12.1. The van der Waals surface area contributed by atoms with Crippen LogP contribution < -0.4 is 11.1 Å². The van der Waals surface area contributed by atoms with E-state index in [2.05, 4.69) is 18.3 Å². The van der Waals surface area contributed by atoms with Gasteiger partial charge < -0.3 is 11.1 Å². The van der Waals surface area contributed by atoms with Gasteiger partial charge in [-0.2, -0.15) is 0 Å². The molecule has 0 unspecified atom stereocenters. The molecule has 1 rings (SSSR count). The molecule has 0 aliphatic rings. The topological polar surface area (TPSA) is 55.1 Å². The van der Waals surface area contributed by atoms with E-state index in [0.717, 1.165) is 16.7 Å². The summed E-state index contributed by atoms with van der Waals surface area (Å²) in [7, 11) is 0. The third-order valence-electron chi connectivity index (χ3n) is 3.37. The molecular weight excluding hydrogens is 224 g/mol. The summed E-state index contributed by atoms with van der Waals surface area (Å²) in [5, 5.41) is 2.96. The average molecular weight is 248 g/mol. The second-order valence-electron chi connectivity index (χ2n) is 5.80. The van der Waals surface area contributed by atoms with Crippen molar-refractivity contribution < 1.29 is 4.79 Å². The average Bonchev–Trinajstić information content (AvgIpc) is 2.31. The van der Waals surface area contributed by atoms with Crippen molar-refractivity contribution in [2.24, 2.45) is 11.1 Å². The van der Waals surface area contributed by atoms with Crippen LogP contribution in [0.3, 0.4) is 0 Å². The Morgan fingerprint density at radius 2 is 1.72 bits per heavy atom. The number of benzene rings is 1. The maximum absolute atomic E-state index is 12.1. The van der Waals surface area contributed by atoms with Gasteiger partial charge in [-0.25, -0.2) is 0 Å². The van der Waals surface area contributed by atoms with Crippen molar-refractivity contribution in [2.45, 2.75) is 34.6 Å². The zero-order chi connectivity index (χ0) is 13.9. The van der Waals surface area contributed by atoms with Crippen molar-refractivity contribution in [1.82, 2.24) is 5.32 Å². The Bertz CT molecular complexity index is 450. The summed E-state index contributed by atoms with van der Waals surface area (Å²) in [6.45, 7) is 11.3. The molecule has 0 atom stereocenters. The fourth-order valence-electron chi connectivity index (χ4n) is 1.69. The summed E-state index contributed by atoms with van der Waals surface area (Å²) >= 11 is 0. The largest absolute Gasteiger partial charge is 0.351 e. The summed E-state index contributed by atoms with van der Waals surface area (Å²) in [5.74, 6) is -0.0166. The van der Waals surface area contributed by atoms with Gasteiger partial charge in [0.15, 0.2) is 0 Å². The van der Waals surface area contributed by atoms with E-state index < -0.39 is 0 Å². The van der Waals surface area contributed by atoms with E-state index in [1.807, 2.05) is 33.8 Å². The van der Waals surface area contributed by atoms with Gasteiger partial charge in [-0.3, -0.25) is 4.79 Å². The monoisotopic (exact) mass is 248 g/mol. The highest BCUT2D eigenvalue weighted by Crippen LogP contribution is 2.16. The first kappa shape index (κ1) is 14.7. The first-order chi connectivity index (χ1) is 8.26. The first-order valence-electron chi connectivity index (χ1n) is 6.33. The zero-order valence-corrected chi connectivity index (χ0v) is 12.1. The lowest BCUT2D eigenvalue weighted by molar-refractivity contribution is 0.0937. The highest BCUT2D eigenvalue weighted by molar-refractivity contribution is 5.95. The van der Waals surface area contributed by atoms with Gasteiger partial charge in [0, 0.05) is 12.1 Å². The highest BCUT2D eigenvalue weighted by atomic mass is 16.1. The van der Waals surface area contributed by atoms with Crippen molar-refractivity contribution in [2.75, 3.05) is 13.1 Å². The van der Waals surface area contributed by atoms with Crippen molar-refractivity contribution in [1.29, 1.82) is 0 Å². The van der Waals surface area contributed by atoms with Gasteiger partial charge >= 0.3 is 0 Å². The van der Waals surface area contributed by atoms with Crippen molar-refractivity contribution in [3.8, 4) is 0 Å². The number of nitrogens with two attached hydrogens (primary N) is 1. The first-order valence-corrected chi connectivity index (χ1v) is 6.33. The van der Waals surface area contributed by atoms with Crippen LogP contribution >= 0.6 is 0 Å². The molecule has 0 saturated heterocycles. The minimum atomic E-state index is -0.0662. The predicted octanol–water partition coefficient (Wildman–Crippen LogP) is 2.33. The van der Waals surface area contributed by atoms with E-state index in [9.17, 15) is 4.79 Å². The molecule has 1 amide bonds. The van der Waals surface area contributed by atoms with E-state index in [0.29, 0.717) is 13.1 Å². The lowest BCUT2D eigenvalue weighted by Crippen LogP contribution is -2.38. The Morgan fingerprint density at radius 1 is 1.17 bits per heavy atom. The van der Waals surface area contributed by atoms with Gasteiger partial charge in [-0.1, -0.05) is 19.9 Å². The molecule has 3 N–H and O–H groups in total. The number of carbonyl (C=O) groups is 1. The van der Waals surface area contributed by atoms with Crippen LogP contribution in [0.1, 0.15) is 40.9 Å². The lowest BCUT2D eigenvalue weighted by Gasteiger charge is -2.23. The normalized spacial score (nSPS) is 11.4. The van der Waals surface area contributed by atoms with Crippen LogP contribution in [0.5, 0.6) is 0 Å². The number of hydrogen-bond donors (Lipinski definition) is 2. The van der Waals surface area contributed by atoms with Crippen LogP contribution in [0.25, 0.3) is 0 Å². The molecule has 0 radical (unpaired) electrons. The predicted molar refractivity (Wildman–Crippen MR) is 75.8 cm³/mol. The summed E-state index contributed by atoms with van der Waals surface area (Å²) in [6.07, 6.45) is 0. The summed E-state index contributed by atoms with van der Waals surface area (Å²) < 4.78 is 0. The Labute approximate surface area is 110 Å². The van der Waals surface area contributed by atoms with Crippen LogP contribution in [0.2, 0.25) is 0 Å². The van der Waals surface area contributed by atoms with Gasteiger partial charge in [0.2, 0.25) is 0 Å². The fraction of sp³-hybridized carbons (Fsp3) is 0.533. The second kappa shape index (κ2) is 5.53. The van der Waals surface area contributed by atoms with Crippen molar-refractivity contribution >= 4 is 5.91 Å². The number of hydrogen-bond acceptors (Lipinski definition) is 2. The molecule has 1 aromatic carbocycles. The molecule has 0 aliphatic carbocycles. The van der Waals surface area contributed by atoms with Gasteiger partial charge in [0.25, 0.3) is 5.91 Å².